The van der Waals surface area contributed by atoms with Gasteiger partial charge in [0.05, 0.1) is 16.7 Å². The van der Waals surface area contributed by atoms with E-state index in [1.807, 2.05) is 0 Å². The highest BCUT2D eigenvalue weighted by atomic mass is 35.5. The van der Waals surface area contributed by atoms with Gasteiger partial charge in [0.15, 0.2) is 0 Å². The van der Waals surface area contributed by atoms with E-state index < -0.39 is 12.0 Å². The average molecular weight is 263 g/mol. The zero-order chi connectivity index (χ0) is 12.1. The van der Waals surface area contributed by atoms with Crippen LogP contribution in [-0.2, 0) is 16.0 Å². The highest BCUT2D eigenvalue weighted by molar-refractivity contribution is 6.35. The van der Waals surface area contributed by atoms with Gasteiger partial charge in [0.1, 0.15) is 6.04 Å². The number of rotatable bonds is 4. The minimum atomic E-state index is -0.766. The Labute approximate surface area is 104 Å². The van der Waals surface area contributed by atoms with Gasteiger partial charge in [-0.25, -0.2) is 0 Å². The third-order valence-electron chi connectivity index (χ3n) is 1.97. The Morgan fingerprint density at radius 3 is 2.56 bits per heavy atom. The van der Waals surface area contributed by atoms with Gasteiger partial charge in [-0.05, 0) is 12.5 Å². The number of halogens is 2. The summed E-state index contributed by atoms with van der Waals surface area (Å²) in [6.07, 6.45) is 3.15. The quantitative estimate of drug-likeness (QED) is 0.841. The molecule has 0 saturated heterocycles. The number of esters is 1. The van der Waals surface area contributed by atoms with Crippen molar-refractivity contribution < 1.29 is 9.53 Å². The second-order valence-corrected chi connectivity index (χ2v) is 3.96. The fourth-order valence-corrected chi connectivity index (χ4v) is 1.70. The maximum absolute atomic E-state index is 11.3. The largest absolute Gasteiger partial charge is 0.465 e. The van der Waals surface area contributed by atoms with E-state index in [2.05, 4.69) is 4.98 Å². The van der Waals surface area contributed by atoms with E-state index in [9.17, 15) is 4.79 Å². The summed E-state index contributed by atoms with van der Waals surface area (Å²) in [5.41, 5.74) is 6.27. The molecule has 4 nitrogen and oxygen atoms in total. The van der Waals surface area contributed by atoms with Gasteiger partial charge in [0, 0.05) is 18.8 Å². The van der Waals surface area contributed by atoms with Crippen LogP contribution in [0.5, 0.6) is 0 Å². The number of pyridine rings is 1. The van der Waals surface area contributed by atoms with Gasteiger partial charge in [0.2, 0.25) is 0 Å². The van der Waals surface area contributed by atoms with Crippen LogP contribution in [0.1, 0.15) is 12.5 Å². The highest BCUT2D eigenvalue weighted by Crippen LogP contribution is 2.23. The maximum atomic E-state index is 11.3. The molecular formula is C10H12Cl2N2O2. The topological polar surface area (TPSA) is 65.2 Å². The summed E-state index contributed by atoms with van der Waals surface area (Å²) in [6.45, 7) is 2.02. The van der Waals surface area contributed by atoms with E-state index in [1.165, 1.54) is 12.4 Å². The first-order valence-corrected chi connectivity index (χ1v) is 5.52. The molecule has 16 heavy (non-hydrogen) atoms. The van der Waals surface area contributed by atoms with Crippen LogP contribution >= 0.6 is 23.2 Å². The zero-order valence-electron chi connectivity index (χ0n) is 8.74. The summed E-state index contributed by atoms with van der Waals surface area (Å²) in [5, 5.41) is 0.791. The molecule has 0 aromatic carbocycles. The normalized spacial score (nSPS) is 12.2. The number of nitrogens with zero attached hydrogens (tertiary/aromatic N) is 1. The second kappa shape index (κ2) is 6.03. The second-order valence-electron chi connectivity index (χ2n) is 3.14. The molecule has 1 aromatic heterocycles. The first-order chi connectivity index (χ1) is 7.56. The Hall–Kier alpha value is -0.840. The molecule has 1 aromatic rings. The van der Waals surface area contributed by atoms with E-state index in [4.69, 9.17) is 33.7 Å². The number of hydrogen-bond donors (Lipinski definition) is 1. The van der Waals surface area contributed by atoms with Crippen LogP contribution in [0.25, 0.3) is 0 Å². The monoisotopic (exact) mass is 262 g/mol. The Balaban J connectivity index is 2.76. The molecule has 0 fully saturated rings. The predicted octanol–water partition coefficient (Wildman–Crippen LogP) is 1.82. The summed E-state index contributed by atoms with van der Waals surface area (Å²) in [4.78, 5) is 15.1. The standard InChI is InChI=1S/C10H12Cl2N2O2/c1-2-16-10(15)9(13)3-6-7(11)4-14-5-8(6)12/h4-5,9H,2-3,13H2,1H3. The van der Waals surface area contributed by atoms with Crippen molar-refractivity contribution in [2.45, 2.75) is 19.4 Å². The van der Waals surface area contributed by atoms with Crippen molar-refractivity contribution in [3.8, 4) is 0 Å². The van der Waals surface area contributed by atoms with Crippen molar-refractivity contribution in [2.75, 3.05) is 6.61 Å². The molecule has 0 radical (unpaired) electrons. The smallest absolute Gasteiger partial charge is 0.323 e. The molecule has 0 bridgehead atoms. The van der Waals surface area contributed by atoms with Crippen LogP contribution in [0.15, 0.2) is 12.4 Å². The van der Waals surface area contributed by atoms with Crippen LogP contribution in [0.2, 0.25) is 10.0 Å². The fraction of sp³-hybridized carbons (Fsp3) is 0.400. The number of ether oxygens (including phenoxy) is 1. The summed E-state index contributed by atoms with van der Waals surface area (Å²) < 4.78 is 4.79. The Morgan fingerprint density at radius 2 is 2.06 bits per heavy atom. The SMILES string of the molecule is CCOC(=O)C(N)Cc1c(Cl)cncc1Cl. The van der Waals surface area contributed by atoms with Gasteiger partial charge in [-0.1, -0.05) is 23.2 Å². The van der Waals surface area contributed by atoms with E-state index in [1.54, 1.807) is 6.92 Å². The third-order valence-corrected chi connectivity index (χ3v) is 2.62. The molecule has 1 unspecified atom stereocenters. The predicted molar refractivity (Wildman–Crippen MR) is 62.6 cm³/mol. The van der Waals surface area contributed by atoms with Crippen molar-refractivity contribution in [1.82, 2.24) is 4.98 Å². The van der Waals surface area contributed by atoms with Crippen molar-refractivity contribution in [3.63, 3.8) is 0 Å². The molecule has 1 rings (SSSR count). The zero-order valence-corrected chi connectivity index (χ0v) is 10.3. The Morgan fingerprint density at radius 1 is 1.50 bits per heavy atom. The molecule has 0 saturated carbocycles. The molecule has 1 heterocycles. The lowest BCUT2D eigenvalue weighted by Crippen LogP contribution is -2.34. The van der Waals surface area contributed by atoms with Crippen LogP contribution in [0.3, 0.4) is 0 Å². The molecule has 0 aliphatic carbocycles. The first-order valence-electron chi connectivity index (χ1n) is 4.76. The molecule has 0 amide bonds. The van der Waals surface area contributed by atoms with Crippen LogP contribution in [0, 0.1) is 0 Å². The first kappa shape index (κ1) is 13.2. The fourth-order valence-electron chi connectivity index (χ4n) is 1.19. The minimum Gasteiger partial charge on any atom is -0.465 e. The number of carbonyl (C=O) groups excluding carboxylic acids is 1. The van der Waals surface area contributed by atoms with E-state index in [0.717, 1.165) is 0 Å². The number of hydrogen-bond acceptors (Lipinski definition) is 4. The lowest BCUT2D eigenvalue weighted by molar-refractivity contribution is -0.144. The molecular weight excluding hydrogens is 251 g/mol. The van der Waals surface area contributed by atoms with Crippen molar-refractivity contribution in [2.24, 2.45) is 5.73 Å². The summed E-state index contributed by atoms with van der Waals surface area (Å²) in [5.74, 6) is -0.466. The molecule has 1 atom stereocenters. The summed E-state index contributed by atoms with van der Waals surface area (Å²) >= 11 is 11.8. The van der Waals surface area contributed by atoms with Crippen molar-refractivity contribution in [3.05, 3.63) is 28.0 Å². The molecule has 0 aliphatic rings. The summed E-state index contributed by atoms with van der Waals surface area (Å²) in [7, 11) is 0. The van der Waals surface area contributed by atoms with Crippen LogP contribution < -0.4 is 5.73 Å². The van der Waals surface area contributed by atoms with Gasteiger partial charge in [-0.3, -0.25) is 9.78 Å². The minimum absolute atomic E-state index is 0.235. The molecule has 88 valence electrons. The van der Waals surface area contributed by atoms with E-state index in [0.29, 0.717) is 22.2 Å². The van der Waals surface area contributed by atoms with Crippen LogP contribution in [0.4, 0.5) is 0 Å². The molecule has 6 heteroatoms. The molecule has 0 spiro atoms. The number of carbonyl (C=O) groups is 1. The lowest BCUT2D eigenvalue weighted by Gasteiger charge is -2.12. The summed E-state index contributed by atoms with van der Waals surface area (Å²) in [6, 6.07) is -0.766. The third kappa shape index (κ3) is 3.33. The van der Waals surface area contributed by atoms with Gasteiger partial charge in [-0.2, -0.15) is 0 Å². The average Bonchev–Trinajstić information content (AvgIpc) is 2.23. The van der Waals surface area contributed by atoms with Gasteiger partial charge >= 0.3 is 5.97 Å². The Kier molecular flexibility index (Phi) is 4.99. The lowest BCUT2D eigenvalue weighted by atomic mass is 10.1. The van der Waals surface area contributed by atoms with Gasteiger partial charge in [0.25, 0.3) is 0 Å². The van der Waals surface area contributed by atoms with Crippen molar-refractivity contribution >= 4 is 29.2 Å². The van der Waals surface area contributed by atoms with Crippen molar-refractivity contribution in [1.29, 1.82) is 0 Å². The number of aromatic nitrogens is 1. The van der Waals surface area contributed by atoms with Crippen LogP contribution in [-0.4, -0.2) is 23.6 Å². The van der Waals surface area contributed by atoms with Gasteiger partial charge < -0.3 is 10.5 Å². The molecule has 0 aliphatic heterocycles. The maximum Gasteiger partial charge on any atom is 0.323 e. The highest BCUT2D eigenvalue weighted by Gasteiger charge is 2.18. The Bertz CT molecular complexity index is 365. The van der Waals surface area contributed by atoms with Gasteiger partial charge in [-0.15, -0.1) is 0 Å². The van der Waals surface area contributed by atoms with E-state index >= 15 is 0 Å². The molecule has 2 N–H and O–H groups in total. The number of nitrogens with two attached hydrogens (primary N) is 1. The van der Waals surface area contributed by atoms with E-state index in [-0.39, 0.29) is 6.42 Å².